The van der Waals surface area contributed by atoms with E-state index in [1.165, 1.54) is 16.8 Å². The molecule has 1 fully saturated rings. The van der Waals surface area contributed by atoms with E-state index in [4.69, 9.17) is 0 Å². The number of carbonyl (C=O) groups excluding carboxylic acids is 1. The number of urea groups is 1. The van der Waals surface area contributed by atoms with E-state index in [0.717, 1.165) is 38.8 Å². The van der Waals surface area contributed by atoms with Crippen LogP contribution in [0.25, 0.3) is 0 Å². The van der Waals surface area contributed by atoms with Gasteiger partial charge in [-0.3, -0.25) is 4.68 Å². The number of benzene rings is 1. The van der Waals surface area contributed by atoms with Gasteiger partial charge < -0.3 is 10.2 Å². The van der Waals surface area contributed by atoms with E-state index < -0.39 is 0 Å². The van der Waals surface area contributed by atoms with E-state index in [2.05, 4.69) is 40.7 Å². The Hall–Kier alpha value is -2.30. The second-order valence-corrected chi connectivity index (χ2v) is 6.88. The monoisotopic (exact) mass is 324 g/mol. The van der Waals surface area contributed by atoms with Crippen LogP contribution in [0.3, 0.4) is 0 Å². The minimum absolute atomic E-state index is 0.0835. The van der Waals surface area contributed by atoms with Crippen LogP contribution in [0.4, 0.5) is 4.79 Å². The topological polar surface area (TPSA) is 50.2 Å². The van der Waals surface area contributed by atoms with Crippen LogP contribution in [0, 0.1) is 0 Å². The highest BCUT2D eigenvalue weighted by Gasteiger charge is 2.28. The SMILES string of the molecule is Cn1nccc1C1CCN(C(=O)N[C@@H]2CCc3ccccc32)CC1. The molecule has 2 amide bonds. The van der Waals surface area contributed by atoms with Crippen LogP contribution in [0.2, 0.25) is 0 Å². The van der Waals surface area contributed by atoms with Gasteiger partial charge in [-0.2, -0.15) is 5.10 Å². The first-order chi connectivity index (χ1) is 11.7. The van der Waals surface area contributed by atoms with Crippen molar-refractivity contribution in [3.05, 3.63) is 53.3 Å². The van der Waals surface area contributed by atoms with Crippen molar-refractivity contribution in [2.24, 2.45) is 7.05 Å². The molecule has 0 bridgehead atoms. The molecule has 5 nitrogen and oxygen atoms in total. The summed E-state index contributed by atoms with van der Waals surface area (Å²) in [6.45, 7) is 1.63. The molecule has 1 saturated heterocycles. The molecule has 0 saturated carbocycles. The molecular weight excluding hydrogens is 300 g/mol. The second-order valence-electron chi connectivity index (χ2n) is 6.88. The third-order valence-electron chi connectivity index (χ3n) is 5.49. The number of fused-ring (bicyclic) bond motifs is 1. The summed E-state index contributed by atoms with van der Waals surface area (Å²) in [5.41, 5.74) is 3.94. The zero-order valence-electron chi connectivity index (χ0n) is 14.1. The van der Waals surface area contributed by atoms with Gasteiger partial charge in [0.1, 0.15) is 0 Å². The molecule has 0 unspecified atom stereocenters. The first-order valence-corrected chi connectivity index (χ1v) is 8.83. The molecular formula is C19H24N4O. The van der Waals surface area contributed by atoms with Crippen LogP contribution in [0.5, 0.6) is 0 Å². The van der Waals surface area contributed by atoms with Gasteiger partial charge in [0.15, 0.2) is 0 Å². The Bertz CT molecular complexity index is 730. The summed E-state index contributed by atoms with van der Waals surface area (Å²) in [5, 5.41) is 7.49. The van der Waals surface area contributed by atoms with Crippen molar-refractivity contribution >= 4 is 6.03 Å². The van der Waals surface area contributed by atoms with E-state index in [1.54, 1.807) is 0 Å². The number of aryl methyl sites for hydroxylation is 2. The lowest BCUT2D eigenvalue weighted by Crippen LogP contribution is -2.45. The number of nitrogens with one attached hydrogen (secondary N) is 1. The zero-order valence-corrected chi connectivity index (χ0v) is 14.1. The molecule has 1 aliphatic heterocycles. The molecule has 2 heterocycles. The van der Waals surface area contributed by atoms with Gasteiger partial charge in [0.05, 0.1) is 6.04 Å². The van der Waals surface area contributed by atoms with Gasteiger partial charge in [0.2, 0.25) is 0 Å². The molecule has 0 spiro atoms. The van der Waals surface area contributed by atoms with Crippen LogP contribution in [0.1, 0.15) is 48.0 Å². The smallest absolute Gasteiger partial charge is 0.317 e. The zero-order chi connectivity index (χ0) is 16.5. The van der Waals surface area contributed by atoms with Crippen LogP contribution < -0.4 is 5.32 Å². The Morgan fingerprint density at radius 1 is 1.17 bits per heavy atom. The van der Waals surface area contributed by atoms with Crippen molar-refractivity contribution in [1.82, 2.24) is 20.0 Å². The minimum Gasteiger partial charge on any atom is -0.331 e. The third kappa shape index (κ3) is 2.79. The number of rotatable bonds is 2. The molecule has 1 N–H and O–H groups in total. The third-order valence-corrected chi connectivity index (χ3v) is 5.49. The van der Waals surface area contributed by atoms with E-state index in [9.17, 15) is 4.79 Å². The maximum absolute atomic E-state index is 12.6. The summed E-state index contributed by atoms with van der Waals surface area (Å²) in [7, 11) is 1.99. The molecule has 126 valence electrons. The standard InChI is InChI=1S/C19H24N4O/c1-22-18(8-11-20-22)15-9-12-23(13-10-15)19(24)21-17-7-6-14-4-2-3-5-16(14)17/h2-5,8,11,15,17H,6-7,9-10,12-13H2,1H3,(H,21,24)/t17-/m1/s1. The highest BCUT2D eigenvalue weighted by molar-refractivity contribution is 5.75. The molecule has 1 aliphatic carbocycles. The number of carbonyl (C=O) groups is 1. The fourth-order valence-corrected chi connectivity index (χ4v) is 4.11. The normalized spacial score (nSPS) is 20.9. The van der Waals surface area contributed by atoms with Gasteiger partial charge >= 0.3 is 6.03 Å². The quantitative estimate of drug-likeness (QED) is 0.923. The second kappa shape index (κ2) is 6.30. The van der Waals surface area contributed by atoms with E-state index in [0.29, 0.717) is 5.92 Å². The summed E-state index contributed by atoms with van der Waals surface area (Å²) >= 11 is 0. The Morgan fingerprint density at radius 2 is 1.96 bits per heavy atom. The van der Waals surface area contributed by atoms with Gasteiger partial charge in [-0.05, 0) is 42.9 Å². The van der Waals surface area contributed by atoms with Gasteiger partial charge in [0, 0.05) is 37.9 Å². The number of hydrogen-bond donors (Lipinski definition) is 1. The number of aromatic nitrogens is 2. The van der Waals surface area contributed by atoms with Gasteiger partial charge in [0.25, 0.3) is 0 Å². The summed E-state index contributed by atoms with van der Waals surface area (Å²) in [4.78, 5) is 14.6. The van der Waals surface area contributed by atoms with Crippen LogP contribution in [-0.4, -0.2) is 33.8 Å². The number of hydrogen-bond acceptors (Lipinski definition) is 2. The maximum atomic E-state index is 12.6. The van der Waals surface area contributed by atoms with E-state index in [-0.39, 0.29) is 12.1 Å². The van der Waals surface area contributed by atoms with Gasteiger partial charge in [-0.1, -0.05) is 24.3 Å². The maximum Gasteiger partial charge on any atom is 0.317 e. The Morgan fingerprint density at radius 3 is 2.71 bits per heavy atom. The van der Waals surface area contributed by atoms with Crippen molar-refractivity contribution in [2.75, 3.05) is 13.1 Å². The van der Waals surface area contributed by atoms with Crippen molar-refractivity contribution in [1.29, 1.82) is 0 Å². The lowest BCUT2D eigenvalue weighted by Gasteiger charge is -2.33. The molecule has 2 aliphatic rings. The molecule has 4 rings (SSSR count). The average molecular weight is 324 g/mol. The lowest BCUT2D eigenvalue weighted by molar-refractivity contribution is 0.176. The number of piperidine rings is 1. The lowest BCUT2D eigenvalue weighted by atomic mass is 9.93. The minimum atomic E-state index is 0.0835. The highest BCUT2D eigenvalue weighted by Crippen LogP contribution is 2.31. The van der Waals surface area contributed by atoms with Crippen molar-refractivity contribution in [3.63, 3.8) is 0 Å². The van der Waals surface area contributed by atoms with E-state index >= 15 is 0 Å². The molecule has 1 aromatic heterocycles. The van der Waals surface area contributed by atoms with Gasteiger partial charge in [-0.25, -0.2) is 4.79 Å². The first kappa shape index (κ1) is 15.2. The summed E-state index contributed by atoms with van der Waals surface area (Å²) in [5.74, 6) is 0.508. The fourth-order valence-electron chi connectivity index (χ4n) is 4.11. The Balaban J connectivity index is 1.35. The summed E-state index contributed by atoms with van der Waals surface area (Å²) in [6.07, 6.45) is 5.94. The Labute approximate surface area is 142 Å². The van der Waals surface area contributed by atoms with Crippen molar-refractivity contribution in [2.45, 2.75) is 37.6 Å². The molecule has 2 aromatic rings. The Kier molecular flexibility index (Phi) is 4.00. The summed E-state index contributed by atoms with van der Waals surface area (Å²) in [6, 6.07) is 10.8. The number of likely N-dealkylation sites (tertiary alicyclic amines) is 1. The first-order valence-electron chi connectivity index (χ1n) is 8.83. The van der Waals surface area contributed by atoms with Crippen molar-refractivity contribution in [3.8, 4) is 0 Å². The average Bonchev–Trinajstić information content (AvgIpc) is 3.22. The molecule has 0 radical (unpaired) electrons. The largest absolute Gasteiger partial charge is 0.331 e. The van der Waals surface area contributed by atoms with Crippen LogP contribution in [-0.2, 0) is 13.5 Å². The highest BCUT2D eigenvalue weighted by atomic mass is 16.2. The predicted octanol–water partition coefficient (Wildman–Crippen LogP) is 3.00. The fraction of sp³-hybridized carbons (Fsp3) is 0.474. The van der Waals surface area contributed by atoms with Crippen LogP contribution >= 0.6 is 0 Å². The van der Waals surface area contributed by atoms with Crippen LogP contribution in [0.15, 0.2) is 36.5 Å². The predicted molar refractivity (Wildman–Crippen MR) is 92.8 cm³/mol. The molecule has 5 heteroatoms. The van der Waals surface area contributed by atoms with Crippen molar-refractivity contribution < 1.29 is 4.79 Å². The summed E-state index contributed by atoms with van der Waals surface area (Å²) < 4.78 is 1.95. The molecule has 1 aromatic carbocycles. The van der Waals surface area contributed by atoms with E-state index in [1.807, 2.05) is 22.8 Å². The molecule has 24 heavy (non-hydrogen) atoms. The number of nitrogens with zero attached hydrogens (tertiary/aromatic N) is 3. The van der Waals surface area contributed by atoms with Gasteiger partial charge in [-0.15, -0.1) is 0 Å². The number of amides is 2. The molecule has 1 atom stereocenters.